The van der Waals surface area contributed by atoms with Crippen LogP contribution in [-0.4, -0.2) is 59.3 Å². The van der Waals surface area contributed by atoms with Gasteiger partial charge in [-0.1, -0.05) is 0 Å². The quantitative estimate of drug-likeness (QED) is 0.810. The number of ether oxygens (including phenoxy) is 2. The lowest BCUT2D eigenvalue weighted by Crippen LogP contribution is -2.69. The third-order valence-electron chi connectivity index (χ3n) is 5.59. The lowest BCUT2D eigenvalue weighted by Gasteiger charge is -2.56. The van der Waals surface area contributed by atoms with Crippen LogP contribution in [-0.2, 0) is 11.0 Å². The summed E-state index contributed by atoms with van der Waals surface area (Å²) in [6, 6.07) is 6.36. The fraction of sp³-hybridized carbons (Fsp3) is 0.421. The summed E-state index contributed by atoms with van der Waals surface area (Å²) in [6.45, 7) is 1.41. The molecule has 11 heteroatoms. The van der Waals surface area contributed by atoms with E-state index in [9.17, 15) is 18.0 Å². The molecule has 2 unspecified atom stereocenters. The highest BCUT2D eigenvalue weighted by Crippen LogP contribution is 2.36. The van der Waals surface area contributed by atoms with Crippen LogP contribution in [0.5, 0.6) is 11.5 Å². The number of hydrogen-bond acceptors (Lipinski definition) is 7. The van der Waals surface area contributed by atoms with Crippen LogP contribution in [0.1, 0.15) is 12.1 Å². The molecule has 30 heavy (non-hydrogen) atoms. The van der Waals surface area contributed by atoms with Gasteiger partial charge < -0.3 is 19.7 Å². The molecule has 2 atom stereocenters. The average Bonchev–Trinajstić information content (AvgIpc) is 3.19. The molecule has 3 fully saturated rings. The molecule has 8 nitrogen and oxygen atoms in total. The van der Waals surface area contributed by atoms with Crippen LogP contribution in [0.3, 0.4) is 0 Å². The van der Waals surface area contributed by atoms with Gasteiger partial charge >= 0.3 is 6.18 Å². The van der Waals surface area contributed by atoms with Crippen molar-refractivity contribution in [2.24, 2.45) is 0 Å². The van der Waals surface area contributed by atoms with Crippen molar-refractivity contribution in [2.75, 3.05) is 36.6 Å². The average molecular weight is 421 g/mol. The van der Waals surface area contributed by atoms with Gasteiger partial charge in [0, 0.05) is 43.0 Å². The van der Waals surface area contributed by atoms with Gasteiger partial charge in [0.1, 0.15) is 17.8 Å². The van der Waals surface area contributed by atoms with Gasteiger partial charge in [-0.05, 0) is 18.6 Å². The molecule has 2 bridgehead atoms. The van der Waals surface area contributed by atoms with Gasteiger partial charge in [-0.3, -0.25) is 9.69 Å². The van der Waals surface area contributed by atoms with E-state index in [-0.39, 0.29) is 37.1 Å². The van der Waals surface area contributed by atoms with E-state index in [1.807, 2.05) is 4.90 Å². The van der Waals surface area contributed by atoms with Crippen molar-refractivity contribution in [1.82, 2.24) is 14.9 Å². The summed E-state index contributed by atoms with van der Waals surface area (Å²) in [5.41, 5.74) is -0.330. The largest absolute Gasteiger partial charge is 0.454 e. The zero-order valence-electron chi connectivity index (χ0n) is 15.7. The number of benzene rings is 1. The van der Waals surface area contributed by atoms with Gasteiger partial charge in [0.05, 0.1) is 6.54 Å². The maximum absolute atomic E-state index is 12.9. The third-order valence-corrected chi connectivity index (χ3v) is 5.59. The number of halogens is 3. The molecule has 1 aromatic heterocycles. The van der Waals surface area contributed by atoms with Crippen molar-refractivity contribution in [3.8, 4) is 11.5 Å². The van der Waals surface area contributed by atoms with Crippen molar-refractivity contribution in [3.05, 3.63) is 36.3 Å². The zero-order valence-corrected chi connectivity index (χ0v) is 15.7. The van der Waals surface area contributed by atoms with E-state index in [0.29, 0.717) is 30.3 Å². The van der Waals surface area contributed by atoms with E-state index in [4.69, 9.17) is 9.47 Å². The molecule has 0 radical (unpaired) electrons. The Morgan fingerprint density at radius 1 is 1.13 bits per heavy atom. The third kappa shape index (κ3) is 3.49. The van der Waals surface area contributed by atoms with Crippen LogP contribution < -0.4 is 19.7 Å². The lowest BCUT2D eigenvalue weighted by atomic mass is 9.87. The van der Waals surface area contributed by atoms with Crippen molar-refractivity contribution in [2.45, 2.75) is 24.7 Å². The first-order chi connectivity index (χ1) is 14.4. The maximum Gasteiger partial charge on any atom is 0.433 e. The molecule has 1 N–H and O–H groups in total. The normalized spacial score (nSPS) is 22.6. The number of amides is 1. The fourth-order valence-electron chi connectivity index (χ4n) is 4.15. The first-order valence-corrected chi connectivity index (χ1v) is 9.46. The van der Waals surface area contributed by atoms with E-state index >= 15 is 0 Å². The van der Waals surface area contributed by atoms with Crippen LogP contribution in [0, 0.1) is 0 Å². The number of hydrogen-bond donors (Lipinski definition) is 1. The predicted molar refractivity (Wildman–Crippen MR) is 99.3 cm³/mol. The SMILES string of the molecule is O=C(CN1C2CC1CN(c1cc(C(F)(F)F)ncn1)C2)Nc1ccc2c(c1)OCO2. The Labute approximate surface area is 169 Å². The van der Waals surface area contributed by atoms with Crippen molar-refractivity contribution < 1.29 is 27.4 Å². The highest BCUT2D eigenvalue weighted by molar-refractivity contribution is 5.92. The summed E-state index contributed by atoms with van der Waals surface area (Å²) in [4.78, 5) is 23.7. The molecule has 0 aliphatic carbocycles. The number of nitrogens with zero attached hydrogens (tertiary/aromatic N) is 4. The second kappa shape index (κ2) is 7.01. The van der Waals surface area contributed by atoms with Crippen molar-refractivity contribution in [3.63, 3.8) is 0 Å². The highest BCUT2D eigenvalue weighted by atomic mass is 19.4. The van der Waals surface area contributed by atoms with E-state index in [2.05, 4.69) is 20.2 Å². The summed E-state index contributed by atoms with van der Waals surface area (Å²) in [7, 11) is 0. The molecule has 4 aliphatic rings. The fourth-order valence-corrected chi connectivity index (χ4v) is 4.15. The van der Waals surface area contributed by atoms with E-state index in [1.54, 1.807) is 18.2 Å². The Balaban J connectivity index is 1.19. The van der Waals surface area contributed by atoms with Gasteiger partial charge in [0.25, 0.3) is 0 Å². The molecule has 5 heterocycles. The minimum Gasteiger partial charge on any atom is -0.454 e. The molecule has 4 aliphatic heterocycles. The second-order valence-electron chi connectivity index (χ2n) is 7.50. The Bertz CT molecular complexity index is 974. The molecule has 6 rings (SSSR count). The highest BCUT2D eigenvalue weighted by Gasteiger charge is 2.46. The van der Waals surface area contributed by atoms with Gasteiger partial charge in [-0.25, -0.2) is 9.97 Å². The van der Waals surface area contributed by atoms with E-state index < -0.39 is 11.9 Å². The molecular formula is C19H18F3N5O3. The van der Waals surface area contributed by atoms with Crippen LogP contribution in [0.2, 0.25) is 0 Å². The standard InChI is InChI=1S/C19H18F3N5O3/c20-19(21,22)16-5-17(24-9-23-16)26-6-12-4-13(7-26)27(12)8-18(28)25-11-1-2-14-15(3-11)30-10-29-14/h1-3,5,9,12-13H,4,6-8,10H2,(H,25,28). The van der Waals surface area contributed by atoms with Gasteiger partial charge in [-0.2, -0.15) is 13.2 Å². The number of carbonyl (C=O) groups excluding carboxylic acids is 1. The zero-order chi connectivity index (χ0) is 20.9. The van der Waals surface area contributed by atoms with Crippen LogP contribution in [0.15, 0.2) is 30.6 Å². The Hall–Kier alpha value is -3.08. The summed E-state index contributed by atoms with van der Waals surface area (Å²) >= 11 is 0. The predicted octanol–water partition coefficient (Wildman–Crippen LogP) is 2.13. The number of piperidine rings is 1. The number of rotatable bonds is 4. The minimum atomic E-state index is -4.50. The first kappa shape index (κ1) is 18.9. The van der Waals surface area contributed by atoms with E-state index in [1.165, 1.54) is 0 Å². The maximum atomic E-state index is 12.9. The molecule has 0 saturated carbocycles. The Kier molecular flexibility index (Phi) is 4.42. The van der Waals surface area contributed by atoms with Crippen LogP contribution in [0.4, 0.5) is 24.7 Å². The number of piperazine rings is 1. The molecule has 2 aromatic rings. The monoisotopic (exact) mass is 421 g/mol. The minimum absolute atomic E-state index is 0.0931. The van der Waals surface area contributed by atoms with Gasteiger partial charge in [-0.15, -0.1) is 0 Å². The Morgan fingerprint density at radius 3 is 2.67 bits per heavy atom. The number of aromatic nitrogens is 2. The lowest BCUT2D eigenvalue weighted by molar-refractivity contribution is -0.141. The van der Waals surface area contributed by atoms with E-state index in [0.717, 1.165) is 18.8 Å². The smallest absolute Gasteiger partial charge is 0.433 e. The molecule has 158 valence electrons. The molecule has 1 amide bonds. The van der Waals surface area contributed by atoms with Gasteiger partial charge in [0.2, 0.25) is 12.7 Å². The topological polar surface area (TPSA) is 79.8 Å². The number of nitrogens with one attached hydrogen (secondary N) is 1. The molecule has 3 saturated heterocycles. The molecular weight excluding hydrogens is 403 g/mol. The van der Waals surface area contributed by atoms with Crippen LogP contribution >= 0.6 is 0 Å². The number of carbonyl (C=O) groups is 1. The number of alkyl halides is 3. The number of fused-ring (bicyclic) bond motifs is 3. The summed E-state index contributed by atoms with van der Waals surface area (Å²) in [5, 5.41) is 2.85. The summed E-state index contributed by atoms with van der Waals surface area (Å²) in [6.07, 6.45) is -2.66. The Morgan fingerprint density at radius 2 is 1.90 bits per heavy atom. The van der Waals surface area contributed by atoms with Crippen LogP contribution in [0.25, 0.3) is 0 Å². The molecule has 0 spiro atoms. The second-order valence-corrected chi connectivity index (χ2v) is 7.50. The van der Waals surface area contributed by atoms with Crippen molar-refractivity contribution in [1.29, 1.82) is 0 Å². The van der Waals surface area contributed by atoms with Crippen molar-refractivity contribution >= 4 is 17.4 Å². The molecule has 1 aromatic carbocycles. The summed E-state index contributed by atoms with van der Waals surface area (Å²) < 4.78 is 49.3. The van der Waals surface area contributed by atoms with Gasteiger partial charge in [0.15, 0.2) is 11.5 Å². The summed E-state index contributed by atoms with van der Waals surface area (Å²) in [5.74, 6) is 1.34. The number of anilines is 2. The first-order valence-electron chi connectivity index (χ1n) is 9.46.